The van der Waals surface area contributed by atoms with Crippen molar-refractivity contribution >= 4 is 23.2 Å². The molecule has 160 valence electrons. The Bertz CT molecular complexity index is 879. The van der Waals surface area contributed by atoms with Gasteiger partial charge in [0.25, 0.3) is 0 Å². The van der Waals surface area contributed by atoms with Crippen LogP contribution in [0, 0.1) is 5.92 Å². The summed E-state index contributed by atoms with van der Waals surface area (Å²) >= 11 is 0. The van der Waals surface area contributed by atoms with E-state index >= 15 is 0 Å². The second-order valence-corrected chi connectivity index (χ2v) is 8.60. The monoisotopic (exact) mass is 410 g/mol. The molecular weight excluding hydrogens is 380 g/mol. The summed E-state index contributed by atoms with van der Waals surface area (Å²) in [5.41, 5.74) is 4.10. The molecule has 6 nitrogen and oxygen atoms in total. The zero-order valence-electron chi connectivity index (χ0n) is 18.0. The van der Waals surface area contributed by atoms with Crippen molar-refractivity contribution in [3.8, 4) is 0 Å². The fourth-order valence-electron chi connectivity index (χ4n) is 4.75. The fourth-order valence-corrected chi connectivity index (χ4v) is 4.75. The molecule has 0 unspecified atom stereocenters. The van der Waals surface area contributed by atoms with Crippen LogP contribution < -0.4 is 4.90 Å². The fraction of sp³-hybridized carbons (Fsp3) is 0.542. The number of rotatable bonds is 5. The minimum Gasteiger partial charge on any atom is -0.460 e. The van der Waals surface area contributed by atoms with Gasteiger partial charge in [-0.3, -0.25) is 9.79 Å². The maximum Gasteiger partial charge on any atom is 0.336 e. The summed E-state index contributed by atoms with van der Waals surface area (Å²) in [6.07, 6.45) is 4.03. The molecule has 0 radical (unpaired) electrons. The molecule has 1 saturated heterocycles. The number of hydrogen-bond acceptors (Lipinski definition) is 6. The molecule has 2 aliphatic heterocycles. The van der Waals surface area contributed by atoms with Gasteiger partial charge in [-0.25, -0.2) is 4.79 Å². The zero-order chi connectivity index (χ0) is 21.3. The van der Waals surface area contributed by atoms with Crippen LogP contribution in [0.25, 0.3) is 0 Å². The van der Waals surface area contributed by atoms with E-state index < -0.39 is 0 Å². The number of aliphatic imine (C=N–C) groups is 1. The first-order valence-corrected chi connectivity index (χ1v) is 10.8. The predicted octanol–water partition coefficient (Wildman–Crippen LogP) is 3.66. The molecule has 0 spiro atoms. The van der Waals surface area contributed by atoms with E-state index in [0.717, 1.165) is 49.3 Å². The van der Waals surface area contributed by atoms with Crippen LogP contribution in [0.4, 0.5) is 5.69 Å². The second-order valence-electron chi connectivity index (χ2n) is 8.60. The molecule has 1 aromatic rings. The molecule has 1 aliphatic carbocycles. The van der Waals surface area contributed by atoms with Crippen LogP contribution >= 0.6 is 0 Å². The van der Waals surface area contributed by atoms with Gasteiger partial charge in [0, 0.05) is 50.1 Å². The second kappa shape index (κ2) is 8.72. The molecule has 0 aromatic heterocycles. The van der Waals surface area contributed by atoms with Crippen molar-refractivity contribution in [2.24, 2.45) is 10.9 Å². The molecule has 4 rings (SSSR count). The highest BCUT2D eigenvalue weighted by atomic mass is 16.6. The quantitative estimate of drug-likeness (QED) is 0.693. The number of anilines is 1. The van der Waals surface area contributed by atoms with Crippen molar-refractivity contribution in [3.63, 3.8) is 0 Å². The normalized spacial score (nSPS) is 26.3. The highest BCUT2D eigenvalue weighted by molar-refractivity contribution is 6.11. The van der Waals surface area contributed by atoms with E-state index in [1.807, 2.05) is 50.2 Å². The van der Waals surface area contributed by atoms with Crippen LogP contribution in [0.3, 0.4) is 0 Å². The van der Waals surface area contributed by atoms with E-state index in [-0.39, 0.29) is 36.3 Å². The van der Waals surface area contributed by atoms with Crippen molar-refractivity contribution < 1.29 is 19.1 Å². The lowest BCUT2D eigenvalue weighted by molar-refractivity contribution is -0.142. The molecular formula is C24H30N2O4. The van der Waals surface area contributed by atoms with Crippen molar-refractivity contribution in [1.82, 2.24) is 0 Å². The number of Topliss-reactive ketones (excluding diaryl/α,β-unsaturated/α-hetero) is 1. The maximum atomic E-state index is 13.2. The summed E-state index contributed by atoms with van der Waals surface area (Å²) in [6, 6.07) is 8.09. The minimum atomic E-state index is -0.383. The van der Waals surface area contributed by atoms with Gasteiger partial charge in [0.2, 0.25) is 0 Å². The predicted molar refractivity (Wildman–Crippen MR) is 116 cm³/mol. The molecule has 3 aliphatic rings. The summed E-state index contributed by atoms with van der Waals surface area (Å²) < 4.78 is 11.2. The molecule has 3 atom stereocenters. The Morgan fingerprint density at radius 3 is 2.60 bits per heavy atom. The van der Waals surface area contributed by atoms with Crippen LogP contribution in [-0.2, 0) is 19.1 Å². The standard InChI is InChI=1S/C24H30N2O4/c1-15-21(24(28)30-14-18-6-5-13-29-18)22(16-9-11-17(12-10-16)26(2)3)23-19(25-15)7-4-8-20(23)27/h9-12,18,22-23H,4-8,13-14H2,1-3H3/t18-,22-,23+/m1/s1. The zero-order valence-corrected chi connectivity index (χ0v) is 18.0. The first-order valence-electron chi connectivity index (χ1n) is 10.8. The topological polar surface area (TPSA) is 68.2 Å². The molecule has 2 heterocycles. The third kappa shape index (κ3) is 4.06. The van der Waals surface area contributed by atoms with Crippen LogP contribution in [0.15, 0.2) is 40.5 Å². The number of ether oxygens (including phenoxy) is 2. The molecule has 1 aromatic carbocycles. The Balaban J connectivity index is 1.68. The number of nitrogens with zero attached hydrogens (tertiary/aromatic N) is 2. The van der Waals surface area contributed by atoms with Gasteiger partial charge in [0.15, 0.2) is 0 Å². The average molecular weight is 411 g/mol. The van der Waals surface area contributed by atoms with Gasteiger partial charge in [0.05, 0.1) is 17.6 Å². The Labute approximate surface area is 177 Å². The Morgan fingerprint density at radius 1 is 1.17 bits per heavy atom. The molecule has 0 bridgehead atoms. The molecule has 30 heavy (non-hydrogen) atoms. The van der Waals surface area contributed by atoms with E-state index in [1.165, 1.54) is 0 Å². The number of benzene rings is 1. The van der Waals surface area contributed by atoms with Gasteiger partial charge >= 0.3 is 5.97 Å². The van der Waals surface area contributed by atoms with Gasteiger partial charge in [0.1, 0.15) is 12.4 Å². The first kappa shape index (κ1) is 20.8. The minimum absolute atomic E-state index is 0.0355. The first-order chi connectivity index (χ1) is 14.5. The van der Waals surface area contributed by atoms with Crippen LogP contribution in [0.1, 0.15) is 50.5 Å². The van der Waals surface area contributed by atoms with Crippen molar-refractivity contribution in [1.29, 1.82) is 0 Å². The number of esters is 1. The Hall–Kier alpha value is -2.47. The van der Waals surface area contributed by atoms with E-state index in [0.29, 0.717) is 17.7 Å². The number of allylic oxidation sites excluding steroid dienone is 1. The lowest BCUT2D eigenvalue weighted by atomic mass is 9.69. The van der Waals surface area contributed by atoms with Crippen LogP contribution in [-0.4, -0.2) is 50.9 Å². The summed E-state index contributed by atoms with van der Waals surface area (Å²) in [5.74, 6) is -0.944. The highest BCUT2D eigenvalue weighted by Gasteiger charge is 2.43. The summed E-state index contributed by atoms with van der Waals surface area (Å²) in [7, 11) is 3.98. The third-order valence-electron chi connectivity index (χ3n) is 6.32. The smallest absolute Gasteiger partial charge is 0.336 e. The Morgan fingerprint density at radius 2 is 1.93 bits per heavy atom. The number of carbonyl (C=O) groups excluding carboxylic acids is 2. The maximum absolute atomic E-state index is 13.2. The van der Waals surface area contributed by atoms with Gasteiger partial charge in [-0.05, 0) is 50.3 Å². The van der Waals surface area contributed by atoms with Gasteiger partial charge in [-0.2, -0.15) is 0 Å². The van der Waals surface area contributed by atoms with Crippen LogP contribution in [0.5, 0.6) is 0 Å². The lowest BCUT2D eigenvalue weighted by Gasteiger charge is -2.35. The van der Waals surface area contributed by atoms with E-state index in [2.05, 4.69) is 0 Å². The number of ketones is 1. The number of fused-ring (bicyclic) bond motifs is 1. The molecule has 0 N–H and O–H groups in total. The largest absolute Gasteiger partial charge is 0.460 e. The van der Waals surface area contributed by atoms with E-state index in [1.54, 1.807) is 0 Å². The number of carbonyl (C=O) groups is 2. The van der Waals surface area contributed by atoms with E-state index in [9.17, 15) is 9.59 Å². The van der Waals surface area contributed by atoms with Gasteiger partial charge in [-0.1, -0.05) is 12.1 Å². The average Bonchev–Trinajstić information content (AvgIpc) is 3.25. The van der Waals surface area contributed by atoms with Crippen molar-refractivity contribution in [3.05, 3.63) is 41.1 Å². The third-order valence-corrected chi connectivity index (χ3v) is 6.32. The molecule has 0 amide bonds. The van der Waals surface area contributed by atoms with E-state index in [4.69, 9.17) is 14.5 Å². The molecule has 6 heteroatoms. The molecule has 1 saturated carbocycles. The lowest BCUT2D eigenvalue weighted by Crippen LogP contribution is -2.39. The summed E-state index contributed by atoms with van der Waals surface area (Å²) in [6.45, 7) is 2.82. The van der Waals surface area contributed by atoms with Crippen molar-refractivity contribution in [2.45, 2.75) is 51.0 Å². The molecule has 2 fully saturated rings. The van der Waals surface area contributed by atoms with Crippen molar-refractivity contribution in [2.75, 3.05) is 32.2 Å². The van der Waals surface area contributed by atoms with Crippen LogP contribution in [0.2, 0.25) is 0 Å². The number of hydrogen-bond donors (Lipinski definition) is 0. The SMILES string of the molecule is CC1=C(C(=O)OC[C@H]2CCCO2)[C@@H](c2ccc(N(C)C)cc2)[C@@H]2C(=O)CCCC2=N1. The highest BCUT2D eigenvalue weighted by Crippen LogP contribution is 2.43. The summed E-state index contributed by atoms with van der Waals surface area (Å²) in [5, 5.41) is 0. The summed E-state index contributed by atoms with van der Waals surface area (Å²) in [4.78, 5) is 32.8. The van der Waals surface area contributed by atoms with Gasteiger partial charge < -0.3 is 14.4 Å². The Kier molecular flexibility index (Phi) is 6.04. The van der Waals surface area contributed by atoms with Gasteiger partial charge in [-0.15, -0.1) is 0 Å².